The zero-order valence-electron chi connectivity index (χ0n) is 9.90. The summed E-state index contributed by atoms with van der Waals surface area (Å²) in [5, 5.41) is 1.78. The average Bonchev–Trinajstić information content (AvgIpc) is 2.95. The number of amides is 2. The molecule has 0 aliphatic carbocycles. The third-order valence-electron chi connectivity index (χ3n) is 2.54. The van der Waals surface area contributed by atoms with Gasteiger partial charge in [-0.25, -0.2) is 4.98 Å². The normalized spacial score (nSPS) is 17.2. The topological polar surface area (TPSA) is 62.3 Å². The molecule has 1 aliphatic heterocycles. The summed E-state index contributed by atoms with van der Waals surface area (Å²) in [6.45, 7) is 0. The van der Waals surface area contributed by atoms with E-state index >= 15 is 0 Å². The van der Waals surface area contributed by atoms with E-state index in [1.54, 1.807) is 6.08 Å². The van der Waals surface area contributed by atoms with Crippen LogP contribution in [0, 0.1) is 0 Å². The number of carbonyl (C=O) groups excluding carboxylic acids is 2. The van der Waals surface area contributed by atoms with Crippen LogP contribution in [0.3, 0.4) is 0 Å². The van der Waals surface area contributed by atoms with Gasteiger partial charge in [-0.1, -0.05) is 23.9 Å². The number of nitrogens with zero attached hydrogens (tertiary/aromatic N) is 2. The minimum Gasteiger partial charge on any atom is -0.277 e. The second-order valence-electron chi connectivity index (χ2n) is 3.78. The molecule has 0 spiro atoms. The van der Waals surface area contributed by atoms with Gasteiger partial charge in [0.2, 0.25) is 6.41 Å². The Morgan fingerprint density at radius 2 is 2.15 bits per heavy atom. The summed E-state index contributed by atoms with van der Waals surface area (Å²) in [6.07, 6.45) is 2.11. The molecular formula is C12H7N3O2S3. The average molecular weight is 321 g/mol. The molecule has 1 saturated heterocycles. The molecule has 2 heterocycles. The number of hydrogen-bond donors (Lipinski definition) is 1. The second-order valence-corrected chi connectivity index (χ2v) is 6.52. The fourth-order valence-electron chi connectivity index (χ4n) is 1.70. The Morgan fingerprint density at radius 3 is 2.90 bits per heavy atom. The Morgan fingerprint density at radius 1 is 1.35 bits per heavy atom. The molecule has 1 N–H and O–H groups in total. The number of rotatable bonds is 3. The largest absolute Gasteiger partial charge is 0.285 e. The van der Waals surface area contributed by atoms with Crippen LogP contribution in [0.15, 0.2) is 29.2 Å². The molecular weight excluding hydrogens is 314 g/mol. The number of para-hydroxylation sites is 1. The summed E-state index contributed by atoms with van der Waals surface area (Å²) >= 11 is 7.67. The highest BCUT2D eigenvalue weighted by atomic mass is 32.2. The van der Waals surface area contributed by atoms with Crippen molar-refractivity contribution in [2.75, 3.05) is 0 Å². The van der Waals surface area contributed by atoms with E-state index < -0.39 is 0 Å². The lowest BCUT2D eigenvalue weighted by molar-refractivity contribution is -0.128. The molecule has 5 nitrogen and oxygen atoms in total. The van der Waals surface area contributed by atoms with E-state index in [-0.39, 0.29) is 5.91 Å². The molecule has 20 heavy (non-hydrogen) atoms. The van der Waals surface area contributed by atoms with Gasteiger partial charge in [0.1, 0.15) is 5.01 Å². The molecule has 0 saturated carbocycles. The number of thiazole rings is 1. The molecule has 100 valence electrons. The van der Waals surface area contributed by atoms with Gasteiger partial charge in [0.25, 0.3) is 5.91 Å². The first-order chi connectivity index (χ1) is 9.69. The number of fused-ring (bicyclic) bond motifs is 1. The van der Waals surface area contributed by atoms with Gasteiger partial charge in [0.05, 0.1) is 15.1 Å². The molecule has 1 fully saturated rings. The lowest BCUT2D eigenvalue weighted by Gasteiger charge is -2.10. The minimum absolute atomic E-state index is 0.300. The quantitative estimate of drug-likeness (QED) is 0.533. The number of nitrogens with one attached hydrogen (secondary N) is 1. The predicted octanol–water partition coefficient (Wildman–Crippen LogP) is 2.16. The Bertz CT molecular complexity index is 720. The maximum absolute atomic E-state index is 12.0. The van der Waals surface area contributed by atoms with E-state index in [1.807, 2.05) is 24.3 Å². The first-order valence-corrected chi connectivity index (χ1v) is 7.56. The van der Waals surface area contributed by atoms with Gasteiger partial charge in [0.15, 0.2) is 4.32 Å². The standard InChI is InChI=1S/C12H7N3O2S3/c16-6-13-15-11(17)9(20-12(15)18)5-10-14-7-3-1-2-4-8(7)19-10/h1-6H,(H,13,16)/b9-5-. The molecule has 8 heteroatoms. The molecule has 1 aromatic heterocycles. The van der Waals surface area contributed by atoms with Crippen molar-refractivity contribution in [1.29, 1.82) is 0 Å². The molecule has 1 aliphatic rings. The van der Waals surface area contributed by atoms with Crippen LogP contribution in [0.2, 0.25) is 0 Å². The summed E-state index contributed by atoms with van der Waals surface area (Å²) in [6, 6.07) is 7.75. The fourth-order valence-corrected chi connectivity index (χ4v) is 3.85. The van der Waals surface area contributed by atoms with Crippen LogP contribution in [0.25, 0.3) is 16.3 Å². The van der Waals surface area contributed by atoms with Gasteiger partial charge >= 0.3 is 0 Å². The van der Waals surface area contributed by atoms with Crippen LogP contribution in [0.5, 0.6) is 0 Å². The number of thiocarbonyl (C=S) groups is 1. The van der Waals surface area contributed by atoms with E-state index in [0.717, 1.165) is 32.0 Å². The highest BCUT2D eigenvalue weighted by molar-refractivity contribution is 8.26. The summed E-state index contributed by atoms with van der Waals surface area (Å²) in [7, 11) is 0. The zero-order valence-corrected chi connectivity index (χ0v) is 12.3. The van der Waals surface area contributed by atoms with Crippen LogP contribution in [0.1, 0.15) is 5.01 Å². The van der Waals surface area contributed by atoms with Crippen LogP contribution in [0.4, 0.5) is 0 Å². The van der Waals surface area contributed by atoms with Gasteiger partial charge < -0.3 is 0 Å². The maximum atomic E-state index is 12.0. The molecule has 0 atom stereocenters. The number of hydrogen-bond acceptors (Lipinski definition) is 6. The number of aromatic nitrogens is 1. The predicted molar refractivity (Wildman–Crippen MR) is 83.8 cm³/mol. The molecule has 2 amide bonds. The first kappa shape index (κ1) is 13.2. The monoisotopic (exact) mass is 321 g/mol. The van der Waals surface area contributed by atoms with Crippen LogP contribution < -0.4 is 5.43 Å². The highest BCUT2D eigenvalue weighted by Crippen LogP contribution is 2.32. The van der Waals surface area contributed by atoms with Crippen molar-refractivity contribution in [2.24, 2.45) is 0 Å². The summed E-state index contributed by atoms with van der Waals surface area (Å²) < 4.78 is 1.36. The summed E-state index contributed by atoms with van der Waals surface area (Å²) in [5.74, 6) is -0.341. The number of benzene rings is 1. The van der Waals surface area contributed by atoms with E-state index in [0.29, 0.717) is 15.6 Å². The SMILES string of the molecule is O=CNN1C(=O)/C(=C/c2nc3ccccc3s2)SC1=S. The second kappa shape index (κ2) is 5.31. The Balaban J connectivity index is 1.94. The van der Waals surface area contributed by atoms with Crippen molar-refractivity contribution in [1.82, 2.24) is 15.4 Å². The molecule has 0 bridgehead atoms. The van der Waals surface area contributed by atoms with Crippen LogP contribution >= 0.6 is 35.3 Å². The number of hydrazine groups is 1. The minimum atomic E-state index is -0.341. The van der Waals surface area contributed by atoms with Crippen LogP contribution in [-0.4, -0.2) is 26.6 Å². The van der Waals surface area contributed by atoms with Crippen molar-refractivity contribution in [3.05, 3.63) is 34.2 Å². The first-order valence-electron chi connectivity index (χ1n) is 5.52. The van der Waals surface area contributed by atoms with Crippen molar-refractivity contribution in [3.63, 3.8) is 0 Å². The van der Waals surface area contributed by atoms with Gasteiger partial charge in [-0.15, -0.1) is 11.3 Å². The van der Waals surface area contributed by atoms with Gasteiger partial charge in [-0.2, -0.15) is 5.01 Å². The molecule has 0 radical (unpaired) electrons. The van der Waals surface area contributed by atoms with E-state index in [4.69, 9.17) is 12.2 Å². The van der Waals surface area contributed by atoms with E-state index in [9.17, 15) is 9.59 Å². The van der Waals surface area contributed by atoms with Crippen molar-refractivity contribution in [2.45, 2.75) is 0 Å². The lowest BCUT2D eigenvalue weighted by atomic mass is 10.3. The van der Waals surface area contributed by atoms with Crippen molar-refractivity contribution >= 4 is 68.2 Å². The van der Waals surface area contributed by atoms with Gasteiger partial charge in [-0.05, 0) is 30.4 Å². The number of carbonyl (C=O) groups is 2. The van der Waals surface area contributed by atoms with E-state index in [1.165, 1.54) is 11.3 Å². The molecule has 2 aromatic rings. The third kappa shape index (κ3) is 2.33. The Hall–Kier alpha value is -1.77. The molecule has 0 unspecified atom stereocenters. The summed E-state index contributed by atoms with van der Waals surface area (Å²) in [4.78, 5) is 27.3. The van der Waals surface area contributed by atoms with Gasteiger partial charge in [-0.3, -0.25) is 15.0 Å². The zero-order chi connectivity index (χ0) is 14.1. The number of thioether (sulfide) groups is 1. The fraction of sp³-hybridized carbons (Fsp3) is 0. The Labute approximate surface area is 127 Å². The molecule has 3 rings (SSSR count). The Kier molecular flexibility index (Phi) is 3.51. The summed E-state index contributed by atoms with van der Waals surface area (Å²) in [5.41, 5.74) is 3.16. The smallest absolute Gasteiger partial charge is 0.277 e. The molecule has 1 aromatic carbocycles. The lowest BCUT2D eigenvalue weighted by Crippen LogP contribution is -2.40. The third-order valence-corrected chi connectivity index (χ3v) is 4.83. The van der Waals surface area contributed by atoms with Crippen molar-refractivity contribution in [3.8, 4) is 0 Å². The van der Waals surface area contributed by atoms with Crippen LogP contribution in [-0.2, 0) is 9.59 Å². The maximum Gasteiger partial charge on any atom is 0.285 e. The highest BCUT2D eigenvalue weighted by Gasteiger charge is 2.32. The van der Waals surface area contributed by atoms with Gasteiger partial charge in [0, 0.05) is 0 Å². The van der Waals surface area contributed by atoms with Crippen molar-refractivity contribution < 1.29 is 9.59 Å². The van der Waals surface area contributed by atoms with E-state index in [2.05, 4.69) is 10.4 Å².